The minimum Gasteiger partial charge on any atom is -0.462 e. The molecule has 0 N–H and O–H groups in total. The molecule has 1 amide bonds. The molecule has 3 heterocycles. The molecule has 146 valence electrons. The summed E-state index contributed by atoms with van der Waals surface area (Å²) in [6, 6.07) is 2.31. The van der Waals surface area contributed by atoms with Crippen LogP contribution < -0.4 is 9.80 Å². The Morgan fingerprint density at radius 2 is 2.00 bits per heavy atom. The molecule has 0 bridgehead atoms. The summed E-state index contributed by atoms with van der Waals surface area (Å²) in [5.41, 5.74) is 0.268. The molecule has 3 saturated heterocycles. The lowest BCUT2D eigenvalue weighted by Gasteiger charge is -2.56. The van der Waals surface area contributed by atoms with Gasteiger partial charge >= 0.3 is 12.1 Å². The fourth-order valence-electron chi connectivity index (χ4n) is 3.61. The SMILES string of the molecule is CCC(=O)OC[C@H]1CN(c2cc(F)c(N3CC4(CSC4)C3)c(F)c2)C(=O)O1. The largest absolute Gasteiger partial charge is 0.462 e. The van der Waals surface area contributed by atoms with Crippen LogP contribution in [0.25, 0.3) is 0 Å². The standard InChI is InChI=1S/C18H20F2N2O4S/c1-2-15(23)25-6-12-5-22(17(24)26-12)11-3-13(19)16(14(20)4-11)21-7-18(8-21)9-27-10-18/h3-4,12H,2,5-10H2,1H3/t12-/m1/s1. The van der Waals surface area contributed by atoms with Crippen LogP contribution in [0.3, 0.4) is 0 Å². The van der Waals surface area contributed by atoms with Gasteiger partial charge in [0.25, 0.3) is 0 Å². The third kappa shape index (κ3) is 3.33. The Kier molecular flexibility index (Phi) is 4.65. The van der Waals surface area contributed by atoms with Crippen LogP contribution in [0.5, 0.6) is 0 Å². The smallest absolute Gasteiger partial charge is 0.414 e. The molecule has 1 aromatic carbocycles. The quantitative estimate of drug-likeness (QED) is 0.711. The first kappa shape index (κ1) is 18.3. The van der Waals surface area contributed by atoms with Gasteiger partial charge in [0.2, 0.25) is 0 Å². The molecule has 0 unspecified atom stereocenters. The lowest BCUT2D eigenvalue weighted by atomic mass is 9.82. The number of rotatable bonds is 5. The van der Waals surface area contributed by atoms with Crippen molar-refractivity contribution in [1.29, 1.82) is 0 Å². The lowest BCUT2D eigenvalue weighted by Crippen LogP contribution is -2.63. The maximum atomic E-state index is 14.6. The van der Waals surface area contributed by atoms with Crippen molar-refractivity contribution < 1.29 is 27.8 Å². The van der Waals surface area contributed by atoms with E-state index in [-0.39, 0.29) is 36.4 Å². The van der Waals surface area contributed by atoms with Gasteiger partial charge in [0, 0.05) is 48.6 Å². The van der Waals surface area contributed by atoms with Crippen LogP contribution in [-0.4, -0.2) is 55.9 Å². The van der Waals surface area contributed by atoms with Crippen LogP contribution >= 0.6 is 11.8 Å². The Morgan fingerprint density at radius 1 is 1.33 bits per heavy atom. The summed E-state index contributed by atoms with van der Waals surface area (Å²) in [4.78, 5) is 26.1. The molecule has 27 heavy (non-hydrogen) atoms. The topological polar surface area (TPSA) is 59.1 Å². The van der Waals surface area contributed by atoms with E-state index in [2.05, 4.69) is 0 Å². The molecule has 0 aliphatic carbocycles. The number of halogens is 2. The van der Waals surface area contributed by atoms with Crippen molar-refractivity contribution in [3.8, 4) is 0 Å². The molecule has 0 saturated carbocycles. The highest BCUT2D eigenvalue weighted by atomic mass is 32.2. The molecule has 3 fully saturated rings. The number of carbonyl (C=O) groups is 2. The van der Waals surface area contributed by atoms with Crippen molar-refractivity contribution in [3.63, 3.8) is 0 Å². The average molecular weight is 398 g/mol. The number of ether oxygens (including phenoxy) is 2. The van der Waals surface area contributed by atoms with Crippen LogP contribution in [0.2, 0.25) is 0 Å². The minimum absolute atomic E-state index is 0.0396. The number of esters is 1. The molecule has 0 radical (unpaired) electrons. The summed E-state index contributed by atoms with van der Waals surface area (Å²) in [5.74, 6) is 0.284. The molecule has 3 aliphatic rings. The summed E-state index contributed by atoms with van der Waals surface area (Å²) in [6.07, 6.45) is -1.16. The van der Waals surface area contributed by atoms with Crippen molar-refractivity contribution in [2.75, 3.05) is 47.5 Å². The van der Waals surface area contributed by atoms with Gasteiger partial charge in [-0.1, -0.05) is 6.92 Å². The zero-order valence-corrected chi connectivity index (χ0v) is 15.7. The van der Waals surface area contributed by atoms with Crippen LogP contribution in [-0.2, 0) is 14.3 Å². The molecular formula is C18H20F2N2O4S. The first-order chi connectivity index (χ1) is 12.9. The van der Waals surface area contributed by atoms with E-state index in [1.54, 1.807) is 11.8 Å². The van der Waals surface area contributed by atoms with Gasteiger partial charge in [-0.15, -0.1) is 0 Å². The van der Waals surface area contributed by atoms with Gasteiger partial charge in [-0.3, -0.25) is 9.69 Å². The van der Waals surface area contributed by atoms with E-state index in [9.17, 15) is 18.4 Å². The molecule has 1 aromatic rings. The number of anilines is 2. The highest BCUT2D eigenvalue weighted by Gasteiger charge is 2.49. The Bertz CT molecular complexity index is 756. The van der Waals surface area contributed by atoms with Crippen molar-refractivity contribution in [2.24, 2.45) is 5.41 Å². The number of amides is 1. The number of cyclic esters (lactones) is 1. The van der Waals surface area contributed by atoms with Gasteiger partial charge in [-0.25, -0.2) is 13.6 Å². The second-order valence-electron chi connectivity index (χ2n) is 7.26. The van der Waals surface area contributed by atoms with E-state index in [1.807, 2.05) is 11.8 Å². The molecule has 1 atom stereocenters. The third-order valence-electron chi connectivity index (χ3n) is 5.09. The van der Waals surface area contributed by atoms with Gasteiger partial charge in [-0.05, 0) is 0 Å². The number of benzene rings is 1. The predicted molar refractivity (Wildman–Crippen MR) is 97.2 cm³/mol. The summed E-state index contributed by atoms with van der Waals surface area (Å²) in [7, 11) is 0. The highest BCUT2D eigenvalue weighted by Crippen LogP contribution is 2.48. The zero-order valence-electron chi connectivity index (χ0n) is 14.9. The minimum atomic E-state index is -0.714. The molecule has 3 aliphatic heterocycles. The van der Waals surface area contributed by atoms with Crippen LogP contribution in [0.15, 0.2) is 12.1 Å². The normalized spacial score (nSPS) is 23.1. The highest BCUT2D eigenvalue weighted by molar-refractivity contribution is 8.00. The molecule has 4 rings (SSSR count). The van der Waals surface area contributed by atoms with E-state index in [4.69, 9.17) is 9.47 Å². The van der Waals surface area contributed by atoms with E-state index in [0.717, 1.165) is 28.5 Å². The summed E-state index contributed by atoms with van der Waals surface area (Å²) < 4.78 is 39.3. The fraction of sp³-hybridized carbons (Fsp3) is 0.556. The Morgan fingerprint density at radius 3 is 2.56 bits per heavy atom. The third-order valence-corrected chi connectivity index (χ3v) is 6.72. The average Bonchev–Trinajstić information content (AvgIpc) is 2.93. The molecular weight excluding hydrogens is 378 g/mol. The van der Waals surface area contributed by atoms with Gasteiger partial charge in [-0.2, -0.15) is 11.8 Å². The molecule has 0 aromatic heterocycles. The predicted octanol–water partition coefficient (Wildman–Crippen LogP) is 2.80. The van der Waals surface area contributed by atoms with Crippen molar-refractivity contribution in [1.82, 2.24) is 0 Å². The van der Waals surface area contributed by atoms with E-state index < -0.39 is 29.8 Å². The van der Waals surface area contributed by atoms with Crippen molar-refractivity contribution in [3.05, 3.63) is 23.8 Å². The second kappa shape index (κ2) is 6.85. The zero-order chi connectivity index (χ0) is 19.2. The summed E-state index contributed by atoms with van der Waals surface area (Å²) >= 11 is 1.85. The summed E-state index contributed by atoms with van der Waals surface area (Å²) in [6.45, 7) is 2.96. The number of hydrogen-bond donors (Lipinski definition) is 0. The summed E-state index contributed by atoms with van der Waals surface area (Å²) in [5, 5.41) is 0. The Labute approximate surface area is 159 Å². The Hall–Kier alpha value is -2.03. The number of hydrogen-bond acceptors (Lipinski definition) is 6. The fourth-order valence-corrected chi connectivity index (χ4v) is 4.76. The van der Waals surface area contributed by atoms with Gasteiger partial charge in [0.15, 0.2) is 17.7 Å². The number of thioether (sulfide) groups is 1. The van der Waals surface area contributed by atoms with E-state index in [1.165, 1.54) is 0 Å². The maximum Gasteiger partial charge on any atom is 0.414 e. The molecule has 1 spiro atoms. The number of nitrogens with zero attached hydrogens (tertiary/aromatic N) is 2. The molecule has 6 nitrogen and oxygen atoms in total. The monoisotopic (exact) mass is 398 g/mol. The van der Waals surface area contributed by atoms with E-state index >= 15 is 0 Å². The number of carbonyl (C=O) groups excluding carboxylic acids is 2. The first-order valence-electron chi connectivity index (χ1n) is 8.86. The van der Waals surface area contributed by atoms with Crippen molar-refractivity contribution in [2.45, 2.75) is 19.4 Å². The first-order valence-corrected chi connectivity index (χ1v) is 10.0. The van der Waals surface area contributed by atoms with Crippen LogP contribution in [0, 0.1) is 17.0 Å². The van der Waals surface area contributed by atoms with Crippen molar-refractivity contribution >= 4 is 35.2 Å². The van der Waals surface area contributed by atoms with Crippen LogP contribution in [0.4, 0.5) is 25.0 Å². The van der Waals surface area contributed by atoms with Gasteiger partial charge < -0.3 is 14.4 Å². The van der Waals surface area contributed by atoms with Crippen LogP contribution in [0.1, 0.15) is 13.3 Å². The molecule has 9 heteroatoms. The second-order valence-corrected chi connectivity index (χ2v) is 8.25. The van der Waals surface area contributed by atoms with Gasteiger partial charge in [0.1, 0.15) is 12.3 Å². The lowest BCUT2D eigenvalue weighted by molar-refractivity contribution is -0.145. The van der Waals surface area contributed by atoms with Gasteiger partial charge in [0.05, 0.1) is 12.2 Å². The Balaban J connectivity index is 1.45. The van der Waals surface area contributed by atoms with E-state index in [0.29, 0.717) is 13.1 Å². The maximum absolute atomic E-state index is 14.6.